The lowest BCUT2D eigenvalue weighted by atomic mass is 9.98. The molecule has 1 aromatic rings. The number of para-hydroxylation sites is 1. The molecule has 0 spiro atoms. The Balaban J connectivity index is 2.26. The zero-order valence-electron chi connectivity index (χ0n) is 8.77. The van der Waals surface area contributed by atoms with Gasteiger partial charge < -0.3 is 11.1 Å². The Labute approximate surface area is 94.5 Å². The van der Waals surface area contributed by atoms with E-state index in [1.807, 2.05) is 54.6 Å². The van der Waals surface area contributed by atoms with Crippen molar-refractivity contribution in [3.05, 3.63) is 71.5 Å². The first kappa shape index (κ1) is 9.04. The van der Waals surface area contributed by atoms with Gasteiger partial charge in [-0.1, -0.05) is 42.5 Å². The van der Waals surface area contributed by atoms with Gasteiger partial charge in [-0.25, -0.2) is 0 Å². The van der Waals surface area contributed by atoms with Crippen molar-refractivity contribution in [1.29, 1.82) is 0 Å². The standard InChI is InChI=1S/C14H12N2/c15-14-10-6-2-1-3-8-12(10)16-13-9-5-4-7-11(13)14/h1-9,16H,15H2. The molecule has 1 aliphatic heterocycles. The first-order valence-corrected chi connectivity index (χ1v) is 5.28. The minimum atomic E-state index is 0.834. The molecule has 0 aromatic heterocycles. The van der Waals surface area contributed by atoms with Gasteiger partial charge >= 0.3 is 0 Å². The maximum absolute atomic E-state index is 6.19. The van der Waals surface area contributed by atoms with Crippen molar-refractivity contribution in [2.45, 2.75) is 0 Å². The van der Waals surface area contributed by atoms with Gasteiger partial charge in [0.1, 0.15) is 0 Å². The highest BCUT2D eigenvalue weighted by Gasteiger charge is 2.18. The SMILES string of the molecule is NC1=C2C=CC=CC=C2Nc2ccccc21. The quantitative estimate of drug-likeness (QED) is 0.688. The number of hydrogen-bond acceptors (Lipinski definition) is 2. The minimum Gasteiger partial charge on any atom is -0.398 e. The van der Waals surface area contributed by atoms with Gasteiger partial charge in [0.25, 0.3) is 0 Å². The van der Waals surface area contributed by atoms with Gasteiger partial charge in [0.05, 0.1) is 5.70 Å². The number of nitrogens with two attached hydrogens (primary N) is 1. The lowest BCUT2D eigenvalue weighted by molar-refractivity contribution is 1.32. The fourth-order valence-corrected chi connectivity index (χ4v) is 2.01. The Morgan fingerprint density at radius 3 is 2.81 bits per heavy atom. The highest BCUT2D eigenvalue weighted by atomic mass is 14.9. The Morgan fingerprint density at radius 1 is 1.00 bits per heavy atom. The number of anilines is 1. The van der Waals surface area contributed by atoms with E-state index in [2.05, 4.69) is 5.32 Å². The van der Waals surface area contributed by atoms with E-state index in [9.17, 15) is 0 Å². The van der Waals surface area contributed by atoms with Gasteiger partial charge in [0, 0.05) is 22.5 Å². The summed E-state index contributed by atoms with van der Waals surface area (Å²) in [6, 6.07) is 8.08. The van der Waals surface area contributed by atoms with Gasteiger partial charge in [0.15, 0.2) is 0 Å². The number of rotatable bonds is 0. The monoisotopic (exact) mass is 208 g/mol. The first-order chi connectivity index (χ1) is 7.86. The van der Waals surface area contributed by atoms with Crippen molar-refractivity contribution in [2.75, 3.05) is 5.32 Å². The number of hydrogen-bond donors (Lipinski definition) is 2. The molecule has 78 valence electrons. The van der Waals surface area contributed by atoms with Crippen LogP contribution in [0.15, 0.2) is 65.9 Å². The molecule has 0 radical (unpaired) electrons. The highest BCUT2D eigenvalue weighted by molar-refractivity contribution is 5.86. The third kappa shape index (κ3) is 1.27. The largest absolute Gasteiger partial charge is 0.398 e. The van der Waals surface area contributed by atoms with E-state index in [0.29, 0.717) is 0 Å². The summed E-state index contributed by atoms with van der Waals surface area (Å²) in [6.45, 7) is 0. The number of benzene rings is 1. The molecule has 1 heterocycles. The van der Waals surface area contributed by atoms with E-state index < -0.39 is 0 Å². The van der Waals surface area contributed by atoms with Crippen LogP contribution in [0.4, 0.5) is 5.69 Å². The lowest BCUT2D eigenvalue weighted by Crippen LogP contribution is -2.15. The number of allylic oxidation sites excluding steroid dienone is 5. The molecule has 0 saturated carbocycles. The van der Waals surface area contributed by atoms with E-state index in [4.69, 9.17) is 5.73 Å². The van der Waals surface area contributed by atoms with Crippen molar-refractivity contribution in [1.82, 2.24) is 0 Å². The van der Waals surface area contributed by atoms with Crippen LogP contribution in [0.2, 0.25) is 0 Å². The molecule has 3 N–H and O–H groups in total. The van der Waals surface area contributed by atoms with Crippen LogP contribution < -0.4 is 11.1 Å². The Kier molecular flexibility index (Phi) is 1.93. The van der Waals surface area contributed by atoms with Crippen LogP contribution >= 0.6 is 0 Å². The second-order valence-corrected chi connectivity index (χ2v) is 3.82. The van der Waals surface area contributed by atoms with Crippen LogP contribution in [0.25, 0.3) is 5.70 Å². The maximum Gasteiger partial charge on any atom is 0.0503 e. The normalized spacial score (nSPS) is 17.1. The fraction of sp³-hybridized carbons (Fsp3) is 0. The molecule has 2 aliphatic rings. The Morgan fingerprint density at radius 2 is 1.88 bits per heavy atom. The lowest BCUT2D eigenvalue weighted by Gasteiger charge is -2.23. The van der Waals surface area contributed by atoms with Crippen LogP contribution in [0, 0.1) is 0 Å². The molecule has 0 bridgehead atoms. The Bertz CT molecular complexity index is 560. The van der Waals surface area contributed by atoms with Gasteiger partial charge in [0.2, 0.25) is 0 Å². The topological polar surface area (TPSA) is 38.0 Å². The van der Waals surface area contributed by atoms with Crippen molar-refractivity contribution in [2.24, 2.45) is 5.73 Å². The third-order valence-electron chi connectivity index (χ3n) is 2.81. The summed E-state index contributed by atoms with van der Waals surface area (Å²) in [4.78, 5) is 0. The molecule has 0 saturated heterocycles. The molecule has 16 heavy (non-hydrogen) atoms. The van der Waals surface area contributed by atoms with Gasteiger partial charge in [-0.3, -0.25) is 0 Å². The second kappa shape index (κ2) is 3.42. The second-order valence-electron chi connectivity index (χ2n) is 3.82. The summed E-state index contributed by atoms with van der Waals surface area (Å²) >= 11 is 0. The predicted molar refractivity (Wildman–Crippen MR) is 67.5 cm³/mol. The van der Waals surface area contributed by atoms with Gasteiger partial charge in [-0.15, -0.1) is 0 Å². The zero-order chi connectivity index (χ0) is 11.0. The average molecular weight is 208 g/mol. The van der Waals surface area contributed by atoms with Crippen LogP contribution in [0.3, 0.4) is 0 Å². The molecular weight excluding hydrogens is 196 g/mol. The van der Waals surface area contributed by atoms with E-state index in [1.165, 1.54) is 0 Å². The summed E-state index contributed by atoms with van der Waals surface area (Å²) in [5.74, 6) is 0. The molecule has 1 aliphatic carbocycles. The summed E-state index contributed by atoms with van der Waals surface area (Å²) in [6.07, 6.45) is 10.1. The minimum absolute atomic E-state index is 0.834. The molecule has 0 amide bonds. The maximum atomic E-state index is 6.19. The van der Waals surface area contributed by atoms with Crippen molar-refractivity contribution in [3.8, 4) is 0 Å². The smallest absolute Gasteiger partial charge is 0.0503 e. The molecule has 0 atom stereocenters. The van der Waals surface area contributed by atoms with E-state index >= 15 is 0 Å². The fourth-order valence-electron chi connectivity index (χ4n) is 2.01. The molecule has 1 aromatic carbocycles. The van der Waals surface area contributed by atoms with Crippen molar-refractivity contribution >= 4 is 11.4 Å². The predicted octanol–water partition coefficient (Wildman–Crippen LogP) is 2.79. The van der Waals surface area contributed by atoms with Crippen LogP contribution in [-0.4, -0.2) is 0 Å². The first-order valence-electron chi connectivity index (χ1n) is 5.28. The molecular formula is C14H12N2. The van der Waals surface area contributed by atoms with Gasteiger partial charge in [-0.2, -0.15) is 0 Å². The van der Waals surface area contributed by atoms with Crippen molar-refractivity contribution in [3.63, 3.8) is 0 Å². The summed E-state index contributed by atoms with van der Waals surface area (Å²) in [7, 11) is 0. The van der Waals surface area contributed by atoms with E-state index in [1.54, 1.807) is 0 Å². The van der Waals surface area contributed by atoms with E-state index in [0.717, 1.165) is 28.2 Å². The van der Waals surface area contributed by atoms with Gasteiger partial charge in [-0.05, 0) is 12.1 Å². The molecule has 0 unspecified atom stereocenters. The third-order valence-corrected chi connectivity index (χ3v) is 2.81. The summed E-state index contributed by atoms with van der Waals surface area (Å²) in [5, 5.41) is 3.39. The summed E-state index contributed by atoms with van der Waals surface area (Å²) in [5.41, 5.74) is 11.3. The highest BCUT2D eigenvalue weighted by Crippen LogP contribution is 2.33. The average Bonchev–Trinajstić information content (AvgIpc) is 2.55. The molecule has 2 heteroatoms. The molecule has 3 rings (SSSR count). The number of fused-ring (bicyclic) bond motifs is 2. The molecule has 2 nitrogen and oxygen atoms in total. The molecule has 0 fully saturated rings. The van der Waals surface area contributed by atoms with Crippen molar-refractivity contribution < 1.29 is 0 Å². The Hall–Kier alpha value is -2.22. The zero-order valence-corrected chi connectivity index (χ0v) is 8.77. The van der Waals surface area contributed by atoms with Crippen LogP contribution in [0.5, 0.6) is 0 Å². The van der Waals surface area contributed by atoms with Crippen LogP contribution in [0.1, 0.15) is 5.56 Å². The van der Waals surface area contributed by atoms with E-state index in [-0.39, 0.29) is 0 Å². The summed E-state index contributed by atoms with van der Waals surface area (Å²) < 4.78 is 0. The van der Waals surface area contributed by atoms with Crippen LogP contribution in [-0.2, 0) is 0 Å². The number of nitrogens with one attached hydrogen (secondary N) is 1.